The summed E-state index contributed by atoms with van der Waals surface area (Å²) in [7, 11) is 0. The second kappa shape index (κ2) is 7.82. The Balaban J connectivity index is 1.49. The number of hydrogen-bond donors (Lipinski definition) is 1. The van der Waals surface area contributed by atoms with Gasteiger partial charge in [0.1, 0.15) is 5.75 Å². The minimum Gasteiger partial charge on any atom is -0.494 e. The minimum absolute atomic E-state index is 0.0429. The fourth-order valence-electron chi connectivity index (χ4n) is 3.62. The van der Waals surface area contributed by atoms with Crippen molar-refractivity contribution in [3.63, 3.8) is 0 Å². The van der Waals surface area contributed by atoms with Gasteiger partial charge in [-0.05, 0) is 62.5 Å². The summed E-state index contributed by atoms with van der Waals surface area (Å²) in [4.78, 5) is 14.9. The van der Waals surface area contributed by atoms with Crippen molar-refractivity contribution in [3.8, 4) is 5.75 Å². The zero-order valence-corrected chi connectivity index (χ0v) is 14.1. The first-order chi connectivity index (χ1) is 11.3. The highest BCUT2D eigenvalue weighted by atomic mass is 16.5. The number of unbranched alkanes of at least 4 members (excludes halogenated alkanes) is 2. The molecule has 0 saturated carbocycles. The monoisotopic (exact) mass is 316 g/mol. The van der Waals surface area contributed by atoms with Gasteiger partial charge < -0.3 is 15.0 Å². The lowest BCUT2D eigenvalue weighted by Crippen LogP contribution is -2.57. The number of piperidine rings is 3. The van der Waals surface area contributed by atoms with E-state index < -0.39 is 0 Å². The van der Waals surface area contributed by atoms with E-state index in [-0.39, 0.29) is 5.91 Å². The van der Waals surface area contributed by atoms with Crippen molar-refractivity contribution in [2.45, 2.75) is 45.1 Å². The summed E-state index contributed by atoms with van der Waals surface area (Å²) < 4.78 is 5.69. The summed E-state index contributed by atoms with van der Waals surface area (Å²) in [6, 6.07) is 7.85. The van der Waals surface area contributed by atoms with Crippen LogP contribution in [-0.4, -0.2) is 43.1 Å². The highest BCUT2D eigenvalue weighted by Gasteiger charge is 2.34. The van der Waals surface area contributed by atoms with Crippen LogP contribution in [0.3, 0.4) is 0 Å². The van der Waals surface area contributed by atoms with E-state index in [0.29, 0.717) is 12.0 Å². The number of nitrogens with zero attached hydrogens (tertiary/aromatic N) is 1. The van der Waals surface area contributed by atoms with Crippen LogP contribution in [0.2, 0.25) is 0 Å². The quantitative estimate of drug-likeness (QED) is 0.786. The predicted molar refractivity (Wildman–Crippen MR) is 91.9 cm³/mol. The Labute approximate surface area is 139 Å². The van der Waals surface area contributed by atoms with Gasteiger partial charge in [0.15, 0.2) is 0 Å². The summed E-state index contributed by atoms with van der Waals surface area (Å²) in [6.07, 6.45) is 5.91. The number of ether oxygens (including phenoxy) is 1. The molecule has 23 heavy (non-hydrogen) atoms. The van der Waals surface area contributed by atoms with Crippen molar-refractivity contribution >= 4 is 5.91 Å². The molecule has 4 nitrogen and oxygen atoms in total. The maximum absolute atomic E-state index is 12.4. The van der Waals surface area contributed by atoms with Crippen LogP contribution in [0.25, 0.3) is 0 Å². The number of fused-ring (bicyclic) bond motifs is 3. The average molecular weight is 316 g/mol. The number of carbonyl (C=O) groups excluding carboxylic acids is 1. The Morgan fingerprint density at radius 1 is 1.22 bits per heavy atom. The van der Waals surface area contributed by atoms with Crippen LogP contribution in [0.15, 0.2) is 24.3 Å². The number of carbonyl (C=O) groups is 1. The molecule has 0 aliphatic carbocycles. The van der Waals surface area contributed by atoms with Crippen molar-refractivity contribution in [2.75, 3.05) is 26.2 Å². The van der Waals surface area contributed by atoms with E-state index in [1.807, 2.05) is 24.3 Å². The first kappa shape index (κ1) is 16.3. The van der Waals surface area contributed by atoms with Gasteiger partial charge in [0.05, 0.1) is 6.61 Å². The van der Waals surface area contributed by atoms with Crippen molar-refractivity contribution in [1.82, 2.24) is 10.2 Å². The molecular weight excluding hydrogens is 288 g/mol. The fraction of sp³-hybridized carbons (Fsp3) is 0.632. The molecule has 126 valence electrons. The van der Waals surface area contributed by atoms with Gasteiger partial charge in [-0.15, -0.1) is 0 Å². The average Bonchev–Trinajstić information content (AvgIpc) is 2.60. The van der Waals surface area contributed by atoms with E-state index in [1.54, 1.807) is 0 Å². The summed E-state index contributed by atoms with van der Waals surface area (Å²) >= 11 is 0. The van der Waals surface area contributed by atoms with Gasteiger partial charge in [0.2, 0.25) is 0 Å². The van der Waals surface area contributed by atoms with Gasteiger partial charge in [0, 0.05) is 18.2 Å². The maximum Gasteiger partial charge on any atom is 0.251 e. The Morgan fingerprint density at radius 3 is 2.57 bits per heavy atom. The van der Waals surface area contributed by atoms with Gasteiger partial charge >= 0.3 is 0 Å². The molecule has 1 aromatic carbocycles. The third-order valence-corrected chi connectivity index (χ3v) is 5.11. The lowest BCUT2D eigenvalue weighted by atomic mass is 9.84. The number of rotatable bonds is 7. The zero-order chi connectivity index (χ0) is 16.1. The number of benzene rings is 1. The van der Waals surface area contributed by atoms with Crippen LogP contribution in [0.5, 0.6) is 5.75 Å². The lowest BCUT2D eigenvalue weighted by Gasteiger charge is -2.44. The largest absolute Gasteiger partial charge is 0.494 e. The Morgan fingerprint density at radius 2 is 1.96 bits per heavy atom. The maximum atomic E-state index is 12.4. The molecular formula is C19H28N2O2. The molecule has 3 aliphatic heterocycles. The minimum atomic E-state index is 0.0429. The molecule has 3 saturated heterocycles. The van der Waals surface area contributed by atoms with Gasteiger partial charge in [-0.3, -0.25) is 4.79 Å². The smallest absolute Gasteiger partial charge is 0.251 e. The molecule has 0 unspecified atom stereocenters. The van der Waals surface area contributed by atoms with Crippen LogP contribution in [-0.2, 0) is 0 Å². The van der Waals surface area contributed by atoms with Crippen molar-refractivity contribution in [1.29, 1.82) is 0 Å². The second-order valence-electron chi connectivity index (χ2n) is 6.80. The van der Waals surface area contributed by atoms with E-state index in [4.69, 9.17) is 4.74 Å². The fourth-order valence-corrected chi connectivity index (χ4v) is 3.62. The first-order valence-corrected chi connectivity index (χ1v) is 9.02. The van der Waals surface area contributed by atoms with Gasteiger partial charge in [-0.25, -0.2) is 0 Å². The molecule has 0 radical (unpaired) electrons. The number of nitrogens with one attached hydrogen (secondary N) is 1. The molecule has 4 rings (SSSR count). The highest BCUT2D eigenvalue weighted by molar-refractivity contribution is 5.94. The molecule has 2 bridgehead atoms. The van der Waals surface area contributed by atoms with Gasteiger partial charge in [-0.1, -0.05) is 19.8 Å². The third-order valence-electron chi connectivity index (χ3n) is 5.11. The van der Waals surface area contributed by atoms with Crippen molar-refractivity contribution in [2.24, 2.45) is 5.92 Å². The van der Waals surface area contributed by atoms with Crippen LogP contribution in [0.1, 0.15) is 49.4 Å². The van der Waals surface area contributed by atoms with Crippen LogP contribution >= 0.6 is 0 Å². The van der Waals surface area contributed by atoms with Gasteiger partial charge in [-0.2, -0.15) is 0 Å². The van der Waals surface area contributed by atoms with E-state index in [1.165, 1.54) is 38.8 Å². The van der Waals surface area contributed by atoms with Crippen LogP contribution < -0.4 is 10.1 Å². The van der Waals surface area contributed by atoms with Gasteiger partial charge in [0.25, 0.3) is 5.91 Å². The molecule has 1 N–H and O–H groups in total. The standard InChI is InChI=1S/C19H28N2O2/c1-2-3-4-13-23-17-7-5-16(6-8-17)19(22)20-18-14-21-11-9-15(18)10-12-21/h5-8,15,18H,2-4,9-14H2,1H3,(H,20,22)/t18-/m1/s1. The van der Waals surface area contributed by atoms with Crippen LogP contribution in [0.4, 0.5) is 0 Å². The second-order valence-corrected chi connectivity index (χ2v) is 6.80. The Hall–Kier alpha value is -1.55. The molecule has 3 fully saturated rings. The third kappa shape index (κ3) is 4.25. The van der Waals surface area contributed by atoms with Crippen molar-refractivity contribution in [3.05, 3.63) is 29.8 Å². The van der Waals surface area contributed by atoms with Crippen molar-refractivity contribution < 1.29 is 9.53 Å². The van der Waals surface area contributed by atoms with E-state index in [9.17, 15) is 4.79 Å². The topological polar surface area (TPSA) is 41.6 Å². The number of hydrogen-bond acceptors (Lipinski definition) is 3. The van der Waals surface area contributed by atoms with E-state index in [2.05, 4.69) is 17.1 Å². The summed E-state index contributed by atoms with van der Waals surface area (Å²) in [5.41, 5.74) is 0.724. The molecule has 1 atom stereocenters. The molecule has 1 amide bonds. The van der Waals surface area contributed by atoms with E-state index in [0.717, 1.165) is 30.9 Å². The SMILES string of the molecule is CCCCCOc1ccc(C(=O)N[C@@H]2CN3CCC2CC3)cc1. The Bertz CT molecular complexity index is 507. The predicted octanol–water partition coefficient (Wildman–Crippen LogP) is 3.08. The summed E-state index contributed by atoms with van der Waals surface area (Å²) in [5.74, 6) is 1.55. The zero-order valence-electron chi connectivity index (χ0n) is 14.1. The highest BCUT2D eigenvalue weighted by Crippen LogP contribution is 2.27. The first-order valence-electron chi connectivity index (χ1n) is 9.02. The molecule has 1 aromatic rings. The molecule has 0 aromatic heterocycles. The lowest BCUT2D eigenvalue weighted by molar-refractivity contribution is 0.0620. The van der Waals surface area contributed by atoms with Crippen LogP contribution in [0, 0.1) is 5.92 Å². The molecule has 4 heteroatoms. The molecule has 3 aliphatic rings. The molecule has 3 heterocycles. The number of amides is 1. The van der Waals surface area contributed by atoms with E-state index >= 15 is 0 Å². The Kier molecular flexibility index (Phi) is 5.55. The summed E-state index contributed by atoms with van der Waals surface area (Å²) in [5, 5.41) is 3.22. The molecule has 0 spiro atoms. The normalized spacial score (nSPS) is 26.0. The summed E-state index contributed by atoms with van der Waals surface area (Å²) in [6.45, 7) is 6.33.